The summed E-state index contributed by atoms with van der Waals surface area (Å²) in [5, 5.41) is 0.0768. The highest BCUT2D eigenvalue weighted by molar-refractivity contribution is 6.31. The molecule has 0 amide bonds. The third kappa shape index (κ3) is 1.73. The van der Waals surface area contributed by atoms with Crippen molar-refractivity contribution in [1.82, 2.24) is 0 Å². The summed E-state index contributed by atoms with van der Waals surface area (Å²) < 4.78 is 24.7. The Hall–Kier alpha value is -0.670. The van der Waals surface area contributed by atoms with Crippen LogP contribution in [0, 0.1) is 0 Å². The molecule has 0 saturated carbocycles. The van der Waals surface area contributed by atoms with Crippen molar-refractivity contribution in [2.75, 3.05) is 0 Å². The molecule has 66 valence electrons. The summed E-state index contributed by atoms with van der Waals surface area (Å²) in [6, 6.07) is 4.59. The van der Waals surface area contributed by atoms with Gasteiger partial charge in [-0.3, -0.25) is 0 Å². The van der Waals surface area contributed by atoms with Gasteiger partial charge in [0.25, 0.3) is 6.43 Å². The molecule has 0 spiro atoms. The van der Waals surface area contributed by atoms with Crippen LogP contribution in [-0.2, 0) is 6.54 Å². The highest BCUT2D eigenvalue weighted by atomic mass is 35.5. The fourth-order valence-electron chi connectivity index (χ4n) is 1.00. The van der Waals surface area contributed by atoms with E-state index in [9.17, 15) is 8.78 Å². The highest BCUT2D eigenvalue weighted by Gasteiger charge is 2.15. The van der Waals surface area contributed by atoms with E-state index in [-0.39, 0.29) is 17.1 Å². The molecule has 1 nitrogen and oxygen atoms in total. The summed E-state index contributed by atoms with van der Waals surface area (Å²) in [4.78, 5) is 0. The fourth-order valence-corrected chi connectivity index (χ4v) is 1.28. The van der Waals surface area contributed by atoms with Crippen molar-refractivity contribution in [1.29, 1.82) is 0 Å². The van der Waals surface area contributed by atoms with Gasteiger partial charge in [-0.25, -0.2) is 8.78 Å². The van der Waals surface area contributed by atoms with Gasteiger partial charge in [0, 0.05) is 17.1 Å². The van der Waals surface area contributed by atoms with Crippen molar-refractivity contribution in [2.45, 2.75) is 13.0 Å². The van der Waals surface area contributed by atoms with Gasteiger partial charge in [-0.05, 0) is 11.6 Å². The quantitative estimate of drug-likeness (QED) is 0.764. The lowest BCUT2D eigenvalue weighted by atomic mass is 10.1. The number of rotatable bonds is 2. The first-order valence-electron chi connectivity index (χ1n) is 3.42. The van der Waals surface area contributed by atoms with E-state index >= 15 is 0 Å². The summed E-state index contributed by atoms with van der Waals surface area (Å²) in [7, 11) is 0. The minimum atomic E-state index is -2.56. The van der Waals surface area contributed by atoms with Crippen LogP contribution >= 0.6 is 11.6 Å². The number of hydrogen-bond donors (Lipinski definition) is 1. The van der Waals surface area contributed by atoms with Gasteiger partial charge in [0.05, 0.1) is 0 Å². The first-order valence-corrected chi connectivity index (χ1v) is 3.80. The van der Waals surface area contributed by atoms with Gasteiger partial charge in [0.2, 0.25) is 0 Å². The van der Waals surface area contributed by atoms with Gasteiger partial charge in [0.15, 0.2) is 0 Å². The molecule has 0 bridgehead atoms. The third-order valence-electron chi connectivity index (χ3n) is 1.58. The number of alkyl halides is 2. The van der Waals surface area contributed by atoms with Gasteiger partial charge < -0.3 is 5.73 Å². The van der Waals surface area contributed by atoms with Crippen LogP contribution in [0.15, 0.2) is 18.2 Å². The zero-order valence-corrected chi connectivity index (χ0v) is 6.98. The Morgan fingerprint density at radius 3 is 2.50 bits per heavy atom. The molecule has 0 aliphatic carbocycles. The van der Waals surface area contributed by atoms with Crippen molar-refractivity contribution < 1.29 is 8.78 Å². The molecule has 1 aromatic carbocycles. The fraction of sp³-hybridized carbons (Fsp3) is 0.250. The summed E-state index contributed by atoms with van der Waals surface area (Å²) in [6.45, 7) is 0.0836. The second kappa shape index (κ2) is 3.83. The third-order valence-corrected chi connectivity index (χ3v) is 1.91. The first-order chi connectivity index (χ1) is 5.66. The molecular weight excluding hydrogens is 184 g/mol. The van der Waals surface area contributed by atoms with Crippen molar-refractivity contribution in [3.8, 4) is 0 Å². The lowest BCUT2D eigenvalue weighted by Gasteiger charge is -2.07. The van der Waals surface area contributed by atoms with E-state index < -0.39 is 6.43 Å². The molecule has 0 saturated heterocycles. The normalized spacial score (nSPS) is 10.8. The van der Waals surface area contributed by atoms with Crippen LogP contribution in [0.2, 0.25) is 5.02 Å². The minimum absolute atomic E-state index is 0.0768. The predicted molar refractivity (Wildman–Crippen MR) is 44.3 cm³/mol. The molecule has 0 radical (unpaired) electrons. The smallest absolute Gasteiger partial charge is 0.265 e. The maximum atomic E-state index is 12.3. The molecule has 4 heteroatoms. The molecule has 0 unspecified atom stereocenters. The van der Waals surface area contributed by atoms with Crippen LogP contribution < -0.4 is 5.73 Å². The van der Waals surface area contributed by atoms with Crippen LogP contribution in [0.3, 0.4) is 0 Å². The molecule has 1 rings (SSSR count). The Balaban J connectivity index is 3.20. The van der Waals surface area contributed by atoms with E-state index in [1.54, 1.807) is 12.1 Å². The molecule has 0 aromatic heterocycles. The van der Waals surface area contributed by atoms with Crippen LogP contribution in [0.4, 0.5) is 8.78 Å². The molecule has 0 atom stereocenters. The lowest BCUT2D eigenvalue weighted by Crippen LogP contribution is -2.02. The molecular formula is C8H8ClF2N. The standard InChI is InChI=1S/C8H8ClF2N/c9-6-3-1-2-5(4-12)7(6)8(10)11/h1-3,8H,4,12H2. The van der Waals surface area contributed by atoms with Gasteiger partial charge in [-0.1, -0.05) is 23.7 Å². The first kappa shape index (κ1) is 9.42. The van der Waals surface area contributed by atoms with E-state index in [0.717, 1.165) is 0 Å². The number of hydrogen-bond acceptors (Lipinski definition) is 1. The van der Waals surface area contributed by atoms with Gasteiger partial charge >= 0.3 is 0 Å². The van der Waals surface area contributed by atoms with Crippen molar-refractivity contribution in [3.05, 3.63) is 34.3 Å². The molecule has 0 aliphatic rings. The van der Waals surface area contributed by atoms with Crippen molar-refractivity contribution in [3.63, 3.8) is 0 Å². The largest absolute Gasteiger partial charge is 0.326 e. The van der Waals surface area contributed by atoms with E-state index in [1.165, 1.54) is 6.07 Å². The molecule has 0 heterocycles. The zero-order chi connectivity index (χ0) is 9.14. The highest BCUT2D eigenvalue weighted by Crippen LogP contribution is 2.29. The molecule has 2 N–H and O–H groups in total. The second-order valence-electron chi connectivity index (χ2n) is 2.32. The van der Waals surface area contributed by atoms with Crippen LogP contribution in [0.5, 0.6) is 0 Å². The Bertz CT molecular complexity index is 276. The SMILES string of the molecule is NCc1cccc(Cl)c1C(F)F. The summed E-state index contributed by atoms with van der Waals surface area (Å²) in [5.41, 5.74) is 5.51. The number of nitrogens with two attached hydrogens (primary N) is 1. The monoisotopic (exact) mass is 191 g/mol. The van der Waals surface area contributed by atoms with Gasteiger partial charge in [0.1, 0.15) is 0 Å². The summed E-state index contributed by atoms with van der Waals surface area (Å²) in [5.74, 6) is 0. The van der Waals surface area contributed by atoms with Crippen molar-refractivity contribution in [2.24, 2.45) is 5.73 Å². The average molecular weight is 192 g/mol. The second-order valence-corrected chi connectivity index (χ2v) is 2.72. The lowest BCUT2D eigenvalue weighted by molar-refractivity contribution is 0.150. The van der Waals surface area contributed by atoms with Crippen molar-refractivity contribution >= 4 is 11.6 Å². The maximum absolute atomic E-state index is 12.3. The summed E-state index contributed by atoms with van der Waals surface area (Å²) in [6.07, 6.45) is -2.56. The Labute approximate surface area is 74.1 Å². The van der Waals surface area contributed by atoms with E-state index in [0.29, 0.717) is 5.56 Å². The van der Waals surface area contributed by atoms with E-state index in [1.807, 2.05) is 0 Å². The van der Waals surface area contributed by atoms with Crippen LogP contribution in [-0.4, -0.2) is 0 Å². The predicted octanol–water partition coefficient (Wildman–Crippen LogP) is 2.74. The summed E-state index contributed by atoms with van der Waals surface area (Å²) >= 11 is 5.57. The van der Waals surface area contributed by atoms with Crippen LogP contribution in [0.1, 0.15) is 17.6 Å². The van der Waals surface area contributed by atoms with E-state index in [2.05, 4.69) is 0 Å². The maximum Gasteiger partial charge on any atom is 0.265 e. The minimum Gasteiger partial charge on any atom is -0.326 e. The van der Waals surface area contributed by atoms with Crippen LogP contribution in [0.25, 0.3) is 0 Å². The molecule has 12 heavy (non-hydrogen) atoms. The molecule has 1 aromatic rings. The average Bonchev–Trinajstić information content (AvgIpc) is 2.03. The van der Waals surface area contributed by atoms with Gasteiger partial charge in [-0.15, -0.1) is 0 Å². The van der Waals surface area contributed by atoms with Gasteiger partial charge in [-0.2, -0.15) is 0 Å². The number of halogens is 3. The topological polar surface area (TPSA) is 26.0 Å². The molecule has 0 fully saturated rings. The Kier molecular flexibility index (Phi) is 3.00. The Morgan fingerprint density at radius 1 is 1.42 bits per heavy atom. The van der Waals surface area contributed by atoms with E-state index in [4.69, 9.17) is 17.3 Å². The number of benzene rings is 1. The zero-order valence-electron chi connectivity index (χ0n) is 6.23. The Morgan fingerprint density at radius 2 is 2.08 bits per heavy atom. The molecule has 0 aliphatic heterocycles.